The Bertz CT molecular complexity index is 535. The van der Waals surface area contributed by atoms with Crippen LogP contribution in [0.1, 0.15) is 23.2 Å². The molecule has 1 aromatic rings. The molecule has 0 saturated heterocycles. The molecule has 0 radical (unpaired) electrons. The number of aromatic amines is 1. The molecule has 0 unspecified atom stereocenters. The second kappa shape index (κ2) is 5.37. The van der Waals surface area contributed by atoms with E-state index in [-0.39, 0.29) is 0 Å². The zero-order valence-electron chi connectivity index (χ0n) is 9.48. The van der Waals surface area contributed by atoms with Crippen molar-refractivity contribution in [3.8, 4) is 0 Å². The summed E-state index contributed by atoms with van der Waals surface area (Å²) in [5.74, 6) is -0.925. The molecule has 106 valence electrons. The lowest BCUT2D eigenvalue weighted by Crippen LogP contribution is -2.24. The Morgan fingerprint density at radius 2 is 2.00 bits per heavy atom. The third-order valence-corrected chi connectivity index (χ3v) is 2.23. The van der Waals surface area contributed by atoms with Crippen LogP contribution in [0.2, 0.25) is 0 Å². The molecule has 0 aromatic carbocycles. The first-order valence-corrected chi connectivity index (χ1v) is 4.85. The van der Waals surface area contributed by atoms with Crippen LogP contribution < -0.4 is 5.56 Å². The van der Waals surface area contributed by atoms with Gasteiger partial charge in [-0.15, -0.1) is 0 Å². The third-order valence-electron chi connectivity index (χ3n) is 2.23. The number of hydrogen-bond acceptors (Lipinski definition) is 3. The van der Waals surface area contributed by atoms with E-state index in [0.717, 1.165) is 7.11 Å². The minimum Gasteiger partial charge on any atom is -0.469 e. The summed E-state index contributed by atoms with van der Waals surface area (Å²) >= 11 is 0. The summed E-state index contributed by atoms with van der Waals surface area (Å²) in [6, 6.07) is 0.364. The van der Waals surface area contributed by atoms with Gasteiger partial charge >= 0.3 is 12.1 Å². The van der Waals surface area contributed by atoms with E-state index < -0.39 is 47.4 Å². The highest BCUT2D eigenvalue weighted by molar-refractivity contribution is 5.72. The SMILES string of the molecule is COC(=O)Cc1cc(C(F)F)c(C(F)(F)F)[nH]c1=O. The van der Waals surface area contributed by atoms with E-state index in [4.69, 9.17) is 0 Å². The second-order valence-electron chi connectivity index (χ2n) is 3.51. The normalized spacial score (nSPS) is 11.7. The van der Waals surface area contributed by atoms with E-state index in [1.54, 1.807) is 0 Å². The van der Waals surface area contributed by atoms with Crippen molar-refractivity contribution in [2.45, 2.75) is 19.0 Å². The van der Waals surface area contributed by atoms with Crippen LogP contribution in [0.15, 0.2) is 10.9 Å². The topological polar surface area (TPSA) is 59.2 Å². The van der Waals surface area contributed by atoms with Crippen LogP contribution in [-0.2, 0) is 22.1 Å². The van der Waals surface area contributed by atoms with Gasteiger partial charge in [-0.1, -0.05) is 0 Å². The van der Waals surface area contributed by atoms with Gasteiger partial charge in [0.25, 0.3) is 12.0 Å². The van der Waals surface area contributed by atoms with Crippen molar-refractivity contribution in [2.24, 2.45) is 0 Å². The van der Waals surface area contributed by atoms with Gasteiger partial charge < -0.3 is 9.72 Å². The lowest BCUT2D eigenvalue weighted by Gasteiger charge is -2.13. The molecule has 1 N–H and O–H groups in total. The van der Waals surface area contributed by atoms with E-state index in [9.17, 15) is 31.5 Å². The Labute approximate surface area is 103 Å². The summed E-state index contributed by atoms with van der Waals surface area (Å²) in [6.07, 6.45) is -9.25. The molecule has 9 heteroatoms. The number of ether oxygens (including phenoxy) is 1. The number of H-pyrrole nitrogens is 1. The molecule has 0 bridgehead atoms. The fourth-order valence-corrected chi connectivity index (χ4v) is 1.36. The highest BCUT2D eigenvalue weighted by atomic mass is 19.4. The van der Waals surface area contributed by atoms with Crippen molar-refractivity contribution in [2.75, 3.05) is 7.11 Å². The molecular formula is C10H8F5NO3. The second-order valence-corrected chi connectivity index (χ2v) is 3.51. The van der Waals surface area contributed by atoms with Gasteiger partial charge in [-0.05, 0) is 6.07 Å². The van der Waals surface area contributed by atoms with E-state index >= 15 is 0 Å². The van der Waals surface area contributed by atoms with Crippen LogP contribution in [0.3, 0.4) is 0 Å². The third kappa shape index (κ3) is 3.52. The summed E-state index contributed by atoms with van der Waals surface area (Å²) < 4.78 is 66.7. The van der Waals surface area contributed by atoms with Gasteiger partial charge in [0.2, 0.25) is 0 Å². The van der Waals surface area contributed by atoms with Gasteiger partial charge in [0.05, 0.1) is 13.5 Å². The van der Waals surface area contributed by atoms with Crippen molar-refractivity contribution in [3.05, 3.63) is 33.2 Å². The van der Waals surface area contributed by atoms with Gasteiger partial charge in [-0.2, -0.15) is 13.2 Å². The molecule has 0 aliphatic rings. The Balaban J connectivity index is 3.37. The maximum Gasteiger partial charge on any atom is 0.431 e. The first-order valence-electron chi connectivity index (χ1n) is 4.85. The number of esters is 1. The minimum absolute atomic E-state index is 0.364. The maximum atomic E-state index is 12.6. The number of methoxy groups -OCH3 is 1. The molecule has 1 aromatic heterocycles. The lowest BCUT2D eigenvalue weighted by molar-refractivity contribution is -0.143. The number of carbonyl (C=O) groups excluding carboxylic acids is 1. The van der Waals surface area contributed by atoms with Gasteiger partial charge in [-0.3, -0.25) is 9.59 Å². The quantitative estimate of drug-likeness (QED) is 0.683. The first-order chi connectivity index (χ1) is 8.66. The number of alkyl halides is 5. The van der Waals surface area contributed by atoms with E-state index in [1.807, 2.05) is 0 Å². The summed E-state index contributed by atoms with van der Waals surface area (Å²) in [7, 11) is 0.995. The number of rotatable bonds is 3. The largest absolute Gasteiger partial charge is 0.469 e. The molecule has 0 spiro atoms. The van der Waals surface area contributed by atoms with Gasteiger partial charge in [-0.25, -0.2) is 8.78 Å². The van der Waals surface area contributed by atoms with E-state index in [0.29, 0.717) is 6.07 Å². The molecule has 0 fully saturated rings. The Morgan fingerprint density at radius 3 is 2.42 bits per heavy atom. The van der Waals surface area contributed by atoms with Gasteiger partial charge in [0.1, 0.15) is 5.69 Å². The molecule has 1 rings (SSSR count). The number of hydrogen-bond donors (Lipinski definition) is 1. The van der Waals surface area contributed by atoms with Crippen LogP contribution in [0, 0.1) is 0 Å². The average molecular weight is 285 g/mol. The molecule has 0 atom stereocenters. The lowest BCUT2D eigenvalue weighted by atomic mass is 10.1. The Hall–Kier alpha value is -1.93. The Morgan fingerprint density at radius 1 is 1.42 bits per heavy atom. The monoisotopic (exact) mass is 285 g/mol. The highest BCUT2D eigenvalue weighted by Gasteiger charge is 2.37. The molecule has 0 aliphatic carbocycles. The molecule has 0 saturated carbocycles. The van der Waals surface area contributed by atoms with Crippen LogP contribution in [0.5, 0.6) is 0 Å². The summed E-state index contributed by atoms with van der Waals surface area (Å²) in [5, 5.41) is 0. The van der Waals surface area contributed by atoms with Crippen LogP contribution in [-0.4, -0.2) is 18.1 Å². The van der Waals surface area contributed by atoms with E-state index in [2.05, 4.69) is 4.74 Å². The number of carbonyl (C=O) groups is 1. The fourth-order valence-electron chi connectivity index (χ4n) is 1.36. The number of halogens is 5. The predicted octanol–water partition coefficient (Wildman–Crippen LogP) is 2.05. The smallest absolute Gasteiger partial charge is 0.431 e. The summed E-state index contributed by atoms with van der Waals surface area (Å²) in [5.41, 5.74) is -4.98. The minimum atomic E-state index is -5.12. The Kier molecular flexibility index (Phi) is 4.28. The maximum absolute atomic E-state index is 12.6. The molecule has 19 heavy (non-hydrogen) atoms. The van der Waals surface area contributed by atoms with Crippen LogP contribution in [0.4, 0.5) is 22.0 Å². The van der Waals surface area contributed by atoms with Crippen LogP contribution >= 0.6 is 0 Å². The van der Waals surface area contributed by atoms with Crippen molar-refractivity contribution >= 4 is 5.97 Å². The zero-order valence-corrected chi connectivity index (χ0v) is 9.48. The molecule has 4 nitrogen and oxygen atoms in total. The van der Waals surface area contributed by atoms with Crippen LogP contribution in [0.25, 0.3) is 0 Å². The highest BCUT2D eigenvalue weighted by Crippen LogP contribution is 2.34. The number of pyridine rings is 1. The predicted molar refractivity (Wildman–Crippen MR) is 52.7 cm³/mol. The summed E-state index contributed by atoms with van der Waals surface area (Å²) in [6.45, 7) is 0. The van der Waals surface area contributed by atoms with Gasteiger partial charge in [0.15, 0.2) is 0 Å². The van der Waals surface area contributed by atoms with Crippen molar-refractivity contribution in [3.63, 3.8) is 0 Å². The fraction of sp³-hybridized carbons (Fsp3) is 0.400. The number of aromatic nitrogens is 1. The number of nitrogens with one attached hydrogen (secondary N) is 1. The molecule has 1 heterocycles. The summed E-state index contributed by atoms with van der Waals surface area (Å²) in [4.78, 5) is 23.5. The molecule has 0 aliphatic heterocycles. The first kappa shape index (κ1) is 15.1. The molecule has 0 amide bonds. The van der Waals surface area contributed by atoms with Crippen molar-refractivity contribution in [1.82, 2.24) is 4.98 Å². The standard InChI is InChI=1S/C10H8F5NO3/c1-19-6(17)3-4-2-5(8(11)12)7(10(13,14)15)16-9(4)18/h2,8H,3H2,1H3,(H,16,18). The van der Waals surface area contributed by atoms with Crippen molar-refractivity contribution < 1.29 is 31.5 Å². The van der Waals surface area contributed by atoms with Crippen molar-refractivity contribution in [1.29, 1.82) is 0 Å². The zero-order chi connectivity index (χ0) is 14.8. The average Bonchev–Trinajstić information content (AvgIpc) is 2.29. The van der Waals surface area contributed by atoms with E-state index in [1.165, 1.54) is 4.98 Å². The molecular weight excluding hydrogens is 277 g/mol. The van der Waals surface area contributed by atoms with Gasteiger partial charge in [0, 0.05) is 11.1 Å².